The molecule has 30 heavy (non-hydrogen) atoms. The molecule has 3 heterocycles. The maximum absolute atomic E-state index is 12.9. The fourth-order valence-electron chi connectivity index (χ4n) is 4.84. The van der Waals surface area contributed by atoms with Crippen molar-refractivity contribution in [1.29, 1.82) is 0 Å². The summed E-state index contributed by atoms with van der Waals surface area (Å²) < 4.78 is 1.91. The van der Waals surface area contributed by atoms with Crippen LogP contribution in [0.3, 0.4) is 0 Å². The molecular weight excluding hydrogens is 378 g/mol. The van der Waals surface area contributed by atoms with E-state index in [0.717, 1.165) is 28.9 Å². The molecule has 2 aliphatic rings. The molecule has 1 fully saturated rings. The van der Waals surface area contributed by atoms with Gasteiger partial charge in [-0.25, -0.2) is 0 Å². The number of nitrogens with one attached hydrogen (secondary N) is 1. The third kappa shape index (κ3) is 3.78. The Labute approximate surface area is 176 Å². The van der Waals surface area contributed by atoms with Crippen LogP contribution in [0, 0.1) is 11.3 Å². The number of piperidine rings is 1. The number of aromatic nitrogens is 1. The van der Waals surface area contributed by atoms with E-state index in [1.165, 1.54) is 6.92 Å². The minimum atomic E-state index is -0.412. The van der Waals surface area contributed by atoms with Crippen molar-refractivity contribution in [3.8, 4) is 11.1 Å². The second kappa shape index (κ2) is 7.42. The third-order valence-electron chi connectivity index (χ3n) is 6.04. The zero-order valence-corrected chi connectivity index (χ0v) is 18.1. The smallest absolute Gasteiger partial charge is 0.250 e. The molecule has 1 N–H and O–H groups in total. The topological polar surface area (TPSA) is 71.4 Å². The van der Waals surface area contributed by atoms with Crippen LogP contribution in [0.5, 0.6) is 0 Å². The molecule has 2 unspecified atom stereocenters. The van der Waals surface area contributed by atoms with Crippen molar-refractivity contribution in [3.05, 3.63) is 52.4 Å². The molecule has 0 radical (unpaired) electrons. The molecular formula is C24H29N3O3. The molecule has 1 aromatic carbocycles. The molecule has 1 saturated heterocycles. The minimum Gasteiger partial charge on any atom is -0.341 e. The third-order valence-corrected chi connectivity index (χ3v) is 6.04. The zero-order chi connectivity index (χ0) is 21.6. The second-order valence-corrected chi connectivity index (χ2v) is 9.60. The first-order valence-electron chi connectivity index (χ1n) is 10.5. The average Bonchev–Trinajstić information content (AvgIpc) is 2.67. The molecule has 158 valence electrons. The van der Waals surface area contributed by atoms with Gasteiger partial charge in [0, 0.05) is 60.9 Å². The van der Waals surface area contributed by atoms with Crippen molar-refractivity contribution in [2.75, 3.05) is 18.4 Å². The van der Waals surface area contributed by atoms with Gasteiger partial charge in [-0.15, -0.1) is 0 Å². The molecule has 4 rings (SSSR count). The highest BCUT2D eigenvalue weighted by atomic mass is 16.2. The van der Waals surface area contributed by atoms with Crippen LogP contribution in [0.15, 0.2) is 41.2 Å². The van der Waals surface area contributed by atoms with E-state index in [9.17, 15) is 14.4 Å². The molecule has 0 aliphatic carbocycles. The number of carbonyl (C=O) groups excluding carboxylic acids is 2. The van der Waals surface area contributed by atoms with Gasteiger partial charge in [0.05, 0.1) is 0 Å². The highest BCUT2D eigenvalue weighted by Crippen LogP contribution is 2.40. The monoisotopic (exact) mass is 407 g/mol. The lowest BCUT2D eigenvalue weighted by molar-refractivity contribution is -0.142. The van der Waals surface area contributed by atoms with Gasteiger partial charge in [-0.1, -0.05) is 32.9 Å². The van der Waals surface area contributed by atoms with Gasteiger partial charge in [-0.3, -0.25) is 14.4 Å². The molecule has 2 aromatic rings. The summed E-state index contributed by atoms with van der Waals surface area (Å²) in [7, 11) is 0. The zero-order valence-electron chi connectivity index (χ0n) is 18.1. The van der Waals surface area contributed by atoms with Crippen molar-refractivity contribution >= 4 is 17.5 Å². The van der Waals surface area contributed by atoms with Gasteiger partial charge in [-0.05, 0) is 36.1 Å². The Morgan fingerprint density at radius 1 is 1.00 bits per heavy atom. The fraction of sp³-hybridized carbons (Fsp3) is 0.458. The van der Waals surface area contributed by atoms with Crippen molar-refractivity contribution in [2.45, 2.75) is 46.6 Å². The maximum Gasteiger partial charge on any atom is 0.250 e. The Balaban J connectivity index is 1.72. The van der Waals surface area contributed by atoms with Gasteiger partial charge in [0.1, 0.15) is 0 Å². The van der Waals surface area contributed by atoms with Crippen LogP contribution in [0.25, 0.3) is 11.1 Å². The number of nitrogens with zero attached hydrogens (tertiary/aromatic N) is 2. The number of benzene rings is 1. The summed E-state index contributed by atoms with van der Waals surface area (Å²) in [5.74, 6) is 0.508. The molecule has 2 atom stereocenters. The van der Waals surface area contributed by atoms with Crippen molar-refractivity contribution in [3.63, 3.8) is 0 Å². The number of carbonyl (C=O) groups is 2. The van der Waals surface area contributed by atoms with Crippen molar-refractivity contribution in [2.24, 2.45) is 11.3 Å². The molecule has 2 amide bonds. The number of rotatable bonds is 2. The molecule has 6 nitrogen and oxygen atoms in total. The van der Waals surface area contributed by atoms with Gasteiger partial charge in [-0.2, -0.15) is 0 Å². The van der Waals surface area contributed by atoms with E-state index in [1.807, 2.05) is 60.6 Å². The Kier molecular flexibility index (Phi) is 5.04. The van der Waals surface area contributed by atoms with Crippen LogP contribution in [0.1, 0.15) is 45.7 Å². The summed E-state index contributed by atoms with van der Waals surface area (Å²) in [6.45, 7) is 9.37. The lowest BCUT2D eigenvalue weighted by Gasteiger charge is -2.45. The second-order valence-electron chi connectivity index (χ2n) is 9.60. The summed E-state index contributed by atoms with van der Waals surface area (Å²) in [5, 5.41) is 2.78. The average molecular weight is 408 g/mol. The highest BCUT2D eigenvalue weighted by molar-refractivity contribution is 5.89. The lowest BCUT2D eigenvalue weighted by atomic mass is 9.79. The van der Waals surface area contributed by atoms with Gasteiger partial charge < -0.3 is 14.8 Å². The molecule has 2 bridgehead atoms. The summed E-state index contributed by atoms with van der Waals surface area (Å²) in [6.07, 6.45) is 0.994. The Morgan fingerprint density at radius 2 is 1.70 bits per heavy atom. The summed E-state index contributed by atoms with van der Waals surface area (Å²) in [5.41, 5.74) is 3.41. The first-order valence-corrected chi connectivity index (χ1v) is 10.5. The predicted molar refractivity (Wildman–Crippen MR) is 117 cm³/mol. The summed E-state index contributed by atoms with van der Waals surface area (Å²) in [4.78, 5) is 38.9. The van der Waals surface area contributed by atoms with Gasteiger partial charge in [0.25, 0.3) is 5.56 Å². The van der Waals surface area contributed by atoms with Crippen molar-refractivity contribution in [1.82, 2.24) is 9.47 Å². The molecule has 6 heteroatoms. The van der Waals surface area contributed by atoms with E-state index in [2.05, 4.69) is 5.32 Å². The predicted octanol–water partition coefficient (Wildman–Crippen LogP) is 3.47. The summed E-state index contributed by atoms with van der Waals surface area (Å²) >= 11 is 0. The standard InChI is InChI=1S/C24H29N3O3/c1-15(28)25-19-7-5-17(6-8-19)20-9-10-21(29)27-13-16-11-18(22(20)27)14-26(12-16)23(30)24(2,3)4/h5-10,16,18H,11-14H2,1-4H3,(H,25,28). The van der Waals surface area contributed by atoms with Crippen LogP contribution < -0.4 is 10.9 Å². The van der Waals surface area contributed by atoms with E-state index < -0.39 is 5.41 Å². The number of pyridine rings is 1. The van der Waals surface area contributed by atoms with Crippen LogP contribution in [-0.4, -0.2) is 34.4 Å². The molecule has 1 aromatic heterocycles. The van der Waals surface area contributed by atoms with E-state index in [-0.39, 0.29) is 23.3 Å². The van der Waals surface area contributed by atoms with E-state index in [0.29, 0.717) is 25.6 Å². The van der Waals surface area contributed by atoms with Crippen LogP contribution in [0.4, 0.5) is 5.69 Å². The molecule has 2 aliphatic heterocycles. The van der Waals surface area contributed by atoms with E-state index in [1.54, 1.807) is 6.07 Å². The van der Waals surface area contributed by atoms with Crippen LogP contribution in [0.2, 0.25) is 0 Å². The SMILES string of the molecule is CC(=O)Nc1ccc(-c2ccc(=O)n3c2C2CC(CN(C(=O)C(C)(C)C)C2)C3)cc1. The number of fused-ring (bicyclic) bond motifs is 4. The minimum absolute atomic E-state index is 0.0221. The number of hydrogen-bond acceptors (Lipinski definition) is 3. The Hall–Kier alpha value is -2.89. The molecule has 0 saturated carbocycles. The number of hydrogen-bond donors (Lipinski definition) is 1. The van der Waals surface area contributed by atoms with E-state index in [4.69, 9.17) is 0 Å². The van der Waals surface area contributed by atoms with Crippen LogP contribution >= 0.6 is 0 Å². The maximum atomic E-state index is 12.9. The van der Waals surface area contributed by atoms with Crippen LogP contribution in [-0.2, 0) is 16.1 Å². The quantitative estimate of drug-likeness (QED) is 0.829. The number of anilines is 1. The first-order chi connectivity index (χ1) is 14.1. The van der Waals surface area contributed by atoms with Gasteiger partial charge in [0.2, 0.25) is 11.8 Å². The van der Waals surface area contributed by atoms with E-state index >= 15 is 0 Å². The Morgan fingerprint density at radius 3 is 2.33 bits per heavy atom. The lowest BCUT2D eigenvalue weighted by Crippen LogP contribution is -2.51. The number of likely N-dealkylation sites (tertiary alicyclic amines) is 1. The largest absolute Gasteiger partial charge is 0.341 e. The van der Waals surface area contributed by atoms with Crippen molar-refractivity contribution < 1.29 is 9.59 Å². The molecule has 0 spiro atoms. The normalized spacial score (nSPS) is 20.5. The number of amides is 2. The van der Waals surface area contributed by atoms with Gasteiger partial charge in [0.15, 0.2) is 0 Å². The van der Waals surface area contributed by atoms with Gasteiger partial charge >= 0.3 is 0 Å². The fourth-order valence-corrected chi connectivity index (χ4v) is 4.84. The Bertz CT molecular complexity index is 1050. The summed E-state index contributed by atoms with van der Waals surface area (Å²) in [6, 6.07) is 11.2. The highest BCUT2D eigenvalue weighted by Gasteiger charge is 2.40. The first kappa shape index (κ1) is 20.4.